The largest absolute Gasteiger partial charge is 0.496 e. The van der Waals surface area contributed by atoms with Crippen LogP contribution in [0.5, 0.6) is 5.75 Å². The van der Waals surface area contributed by atoms with Gasteiger partial charge in [0.2, 0.25) is 5.82 Å². The summed E-state index contributed by atoms with van der Waals surface area (Å²) in [5, 5.41) is 8.33. The molecule has 24 heavy (non-hydrogen) atoms. The Kier molecular flexibility index (Phi) is 5.08. The van der Waals surface area contributed by atoms with Crippen LogP contribution in [0.1, 0.15) is 11.5 Å². The SMILES string of the molecule is COc1ccccc1/C=N\OCc1nc(-c2ccccc2Cl)no1. The van der Waals surface area contributed by atoms with Crippen molar-refractivity contribution >= 4 is 17.8 Å². The minimum atomic E-state index is 0.0586. The molecule has 0 amide bonds. The standard InChI is InChI=1S/C17H14ClN3O3/c1-22-15-9-5-2-6-12(15)10-19-23-11-16-20-17(21-24-16)13-7-3-4-8-14(13)18/h2-10H,11H2,1H3/b19-10-. The summed E-state index contributed by atoms with van der Waals surface area (Å²) in [6, 6.07) is 14.7. The van der Waals surface area contributed by atoms with Gasteiger partial charge in [0.1, 0.15) is 5.75 Å². The van der Waals surface area contributed by atoms with Crippen molar-refractivity contribution in [2.45, 2.75) is 6.61 Å². The fourth-order valence-corrected chi connectivity index (χ4v) is 2.25. The molecule has 0 aliphatic heterocycles. The molecule has 0 aliphatic rings. The van der Waals surface area contributed by atoms with E-state index >= 15 is 0 Å². The molecule has 0 N–H and O–H groups in total. The van der Waals surface area contributed by atoms with E-state index < -0.39 is 0 Å². The quantitative estimate of drug-likeness (QED) is 0.500. The number of aromatic nitrogens is 2. The maximum absolute atomic E-state index is 6.10. The molecule has 0 atom stereocenters. The van der Waals surface area contributed by atoms with Gasteiger partial charge in [-0.3, -0.25) is 0 Å². The van der Waals surface area contributed by atoms with Crippen LogP contribution in [0.25, 0.3) is 11.4 Å². The number of halogens is 1. The lowest BCUT2D eigenvalue weighted by Gasteiger charge is -2.02. The topological polar surface area (TPSA) is 69.7 Å². The molecule has 7 heteroatoms. The average Bonchev–Trinajstić information content (AvgIpc) is 3.08. The molecule has 1 heterocycles. The van der Waals surface area contributed by atoms with Gasteiger partial charge < -0.3 is 14.1 Å². The van der Waals surface area contributed by atoms with Gasteiger partial charge in [0.05, 0.1) is 18.3 Å². The van der Waals surface area contributed by atoms with Crippen LogP contribution < -0.4 is 4.74 Å². The predicted octanol–water partition coefficient (Wildman–Crippen LogP) is 3.95. The number of para-hydroxylation sites is 1. The summed E-state index contributed by atoms with van der Waals surface area (Å²) in [4.78, 5) is 9.42. The van der Waals surface area contributed by atoms with Crippen LogP contribution in [0.15, 0.2) is 58.2 Å². The number of ether oxygens (including phenoxy) is 1. The highest BCUT2D eigenvalue weighted by atomic mass is 35.5. The molecule has 0 spiro atoms. The summed E-state index contributed by atoms with van der Waals surface area (Å²) < 4.78 is 10.4. The lowest BCUT2D eigenvalue weighted by atomic mass is 10.2. The Labute approximate surface area is 143 Å². The molecule has 0 radical (unpaired) electrons. The highest BCUT2D eigenvalue weighted by Gasteiger charge is 2.11. The van der Waals surface area contributed by atoms with E-state index in [1.165, 1.54) is 0 Å². The van der Waals surface area contributed by atoms with Gasteiger partial charge in [-0.2, -0.15) is 4.98 Å². The van der Waals surface area contributed by atoms with Crippen molar-refractivity contribution in [3.05, 3.63) is 65.0 Å². The first kappa shape index (κ1) is 16.0. The van der Waals surface area contributed by atoms with Crippen molar-refractivity contribution < 1.29 is 14.1 Å². The van der Waals surface area contributed by atoms with Crippen molar-refractivity contribution in [1.29, 1.82) is 0 Å². The summed E-state index contributed by atoms with van der Waals surface area (Å²) in [6.45, 7) is 0.0586. The Balaban J connectivity index is 1.62. The van der Waals surface area contributed by atoms with Crippen molar-refractivity contribution in [3.63, 3.8) is 0 Å². The summed E-state index contributed by atoms with van der Waals surface area (Å²) in [5.74, 6) is 1.43. The number of oxime groups is 1. The molecule has 0 unspecified atom stereocenters. The molecule has 6 nitrogen and oxygen atoms in total. The number of benzene rings is 2. The van der Waals surface area contributed by atoms with Crippen LogP contribution in [-0.4, -0.2) is 23.5 Å². The molecule has 0 saturated carbocycles. The Morgan fingerprint density at radius 3 is 2.79 bits per heavy atom. The molecule has 0 bridgehead atoms. The predicted molar refractivity (Wildman–Crippen MR) is 90.1 cm³/mol. The molecule has 1 aromatic heterocycles. The minimum absolute atomic E-state index is 0.0586. The number of hydrogen-bond acceptors (Lipinski definition) is 6. The van der Waals surface area contributed by atoms with Crippen LogP contribution in [0.3, 0.4) is 0 Å². The molecular formula is C17H14ClN3O3. The fourth-order valence-electron chi connectivity index (χ4n) is 2.03. The first-order chi connectivity index (χ1) is 11.8. The van der Waals surface area contributed by atoms with E-state index in [4.69, 9.17) is 25.7 Å². The summed E-state index contributed by atoms with van der Waals surface area (Å²) in [6.07, 6.45) is 1.56. The van der Waals surface area contributed by atoms with Crippen molar-refractivity contribution in [2.75, 3.05) is 7.11 Å². The van der Waals surface area contributed by atoms with Crippen LogP contribution in [0, 0.1) is 0 Å². The number of rotatable bonds is 6. The normalized spacial score (nSPS) is 10.9. The van der Waals surface area contributed by atoms with Crippen molar-refractivity contribution in [1.82, 2.24) is 10.1 Å². The second-order valence-electron chi connectivity index (χ2n) is 4.74. The Hall–Kier alpha value is -2.86. The third-order valence-electron chi connectivity index (χ3n) is 3.18. The molecule has 2 aromatic carbocycles. The Morgan fingerprint density at radius 2 is 1.96 bits per heavy atom. The third kappa shape index (κ3) is 3.72. The van der Waals surface area contributed by atoms with Crippen molar-refractivity contribution in [2.24, 2.45) is 5.16 Å². The lowest BCUT2D eigenvalue weighted by molar-refractivity contribution is 0.107. The monoisotopic (exact) mass is 343 g/mol. The highest BCUT2D eigenvalue weighted by molar-refractivity contribution is 6.33. The Morgan fingerprint density at radius 1 is 1.17 bits per heavy atom. The molecule has 122 valence electrons. The molecule has 0 saturated heterocycles. The molecular weight excluding hydrogens is 330 g/mol. The highest BCUT2D eigenvalue weighted by Crippen LogP contribution is 2.24. The van der Waals surface area contributed by atoms with E-state index in [9.17, 15) is 0 Å². The Bertz CT molecular complexity index is 848. The summed E-state index contributed by atoms with van der Waals surface area (Å²) >= 11 is 6.10. The van der Waals surface area contributed by atoms with Gasteiger partial charge in [0.25, 0.3) is 5.89 Å². The van der Waals surface area contributed by atoms with Gasteiger partial charge >= 0.3 is 0 Å². The van der Waals surface area contributed by atoms with E-state index in [0.717, 1.165) is 5.56 Å². The van der Waals surface area contributed by atoms with Gasteiger partial charge in [0, 0.05) is 11.1 Å². The van der Waals surface area contributed by atoms with Crippen molar-refractivity contribution in [3.8, 4) is 17.1 Å². The zero-order valence-corrected chi connectivity index (χ0v) is 13.6. The van der Waals surface area contributed by atoms with E-state index in [1.807, 2.05) is 42.5 Å². The maximum atomic E-state index is 6.10. The second kappa shape index (κ2) is 7.61. The second-order valence-corrected chi connectivity index (χ2v) is 5.15. The maximum Gasteiger partial charge on any atom is 0.267 e. The third-order valence-corrected chi connectivity index (χ3v) is 3.51. The average molecular weight is 344 g/mol. The number of methoxy groups -OCH3 is 1. The van der Waals surface area contributed by atoms with Gasteiger partial charge in [-0.25, -0.2) is 0 Å². The van der Waals surface area contributed by atoms with Gasteiger partial charge in [-0.15, -0.1) is 0 Å². The molecule has 0 aliphatic carbocycles. The smallest absolute Gasteiger partial charge is 0.267 e. The summed E-state index contributed by atoms with van der Waals surface area (Å²) in [5.41, 5.74) is 1.51. The van der Waals surface area contributed by atoms with Crippen LogP contribution in [0.4, 0.5) is 0 Å². The minimum Gasteiger partial charge on any atom is -0.496 e. The van der Waals surface area contributed by atoms with E-state index in [0.29, 0.717) is 28.1 Å². The lowest BCUT2D eigenvalue weighted by Crippen LogP contribution is -1.92. The molecule has 3 aromatic rings. The van der Waals surface area contributed by atoms with E-state index in [2.05, 4.69) is 15.3 Å². The van der Waals surface area contributed by atoms with Crippen LogP contribution in [-0.2, 0) is 11.4 Å². The zero-order valence-electron chi connectivity index (χ0n) is 12.8. The van der Waals surface area contributed by atoms with Gasteiger partial charge in [0.15, 0.2) is 6.61 Å². The first-order valence-electron chi connectivity index (χ1n) is 7.14. The van der Waals surface area contributed by atoms with E-state index in [1.54, 1.807) is 19.4 Å². The van der Waals surface area contributed by atoms with Gasteiger partial charge in [-0.1, -0.05) is 46.2 Å². The first-order valence-corrected chi connectivity index (χ1v) is 7.51. The summed E-state index contributed by atoms with van der Waals surface area (Å²) in [7, 11) is 1.60. The number of nitrogens with zero attached hydrogens (tertiary/aromatic N) is 3. The van der Waals surface area contributed by atoms with Crippen LogP contribution >= 0.6 is 11.6 Å². The van der Waals surface area contributed by atoms with E-state index in [-0.39, 0.29) is 6.61 Å². The number of hydrogen-bond donors (Lipinski definition) is 0. The van der Waals surface area contributed by atoms with Gasteiger partial charge in [-0.05, 0) is 24.3 Å². The van der Waals surface area contributed by atoms with Crippen LogP contribution in [0.2, 0.25) is 5.02 Å². The molecule has 0 fully saturated rings. The molecule has 3 rings (SSSR count). The fraction of sp³-hybridized carbons (Fsp3) is 0.118. The zero-order chi connectivity index (χ0) is 16.8.